The molecule has 56 heavy (non-hydrogen) atoms. The molecule has 1 fully saturated rings. The fraction of sp³-hybridized carbons (Fsp3) is 0.375. The standard InChI is InChI=1S/C40H47N5O11/c1-8-25-17-31(36(46)43-27-13-11-26(12-14-27)35(41)45-40(50)56-28(20-51-5)21-52-6)30(18-33(25)53-7)29-15-16-32(37(47)42-19-24-9-10-24)44-34(29)39(49)55-23(4)54-38(48)22(2)3/h8,11-18,22-24,28H,1,9-10,19-21H2,2-7H3,(H,42,47)(H,43,46)(H2,41,45,50). The average molecular weight is 774 g/mol. The maximum Gasteiger partial charge on any atom is 0.413 e. The molecule has 1 heterocycles. The van der Waals surface area contributed by atoms with Gasteiger partial charge >= 0.3 is 18.0 Å². The molecule has 16 nitrogen and oxygen atoms in total. The maximum atomic E-state index is 14.0. The lowest BCUT2D eigenvalue weighted by Gasteiger charge is -2.19. The SMILES string of the molecule is C=Cc1cc(C(=O)Nc2ccc(C(=N)NC(=O)OC(COC)COC)cc2)c(-c2ccc(C(=O)NCC3CC3)nc2C(=O)OC(C)OC(=O)C(C)C)cc1OC. The fourth-order valence-corrected chi connectivity index (χ4v) is 5.24. The number of ether oxygens (including phenoxy) is 6. The van der Waals surface area contributed by atoms with Crippen molar-refractivity contribution >= 4 is 47.4 Å². The van der Waals surface area contributed by atoms with Crippen molar-refractivity contribution in [3.05, 3.63) is 83.2 Å². The van der Waals surface area contributed by atoms with E-state index in [-0.39, 0.29) is 47.1 Å². The maximum absolute atomic E-state index is 14.0. The molecule has 1 atom stereocenters. The molecular formula is C40H47N5O11. The Bertz CT molecular complexity index is 1940. The van der Waals surface area contributed by atoms with Gasteiger partial charge in [0.15, 0.2) is 11.8 Å². The summed E-state index contributed by atoms with van der Waals surface area (Å²) in [6.45, 7) is 9.14. The summed E-state index contributed by atoms with van der Waals surface area (Å²) >= 11 is 0. The normalized spacial score (nSPS) is 12.6. The molecule has 0 saturated heterocycles. The van der Waals surface area contributed by atoms with Crippen molar-refractivity contribution in [2.45, 2.75) is 46.0 Å². The Balaban J connectivity index is 1.65. The number of rotatable bonds is 18. The largest absolute Gasteiger partial charge is 0.496 e. The minimum absolute atomic E-state index is 0.0629. The van der Waals surface area contributed by atoms with Crippen molar-refractivity contribution in [3.8, 4) is 16.9 Å². The molecule has 298 valence electrons. The van der Waals surface area contributed by atoms with E-state index in [1.54, 1.807) is 13.8 Å². The first kappa shape index (κ1) is 42.6. The predicted molar refractivity (Wildman–Crippen MR) is 206 cm³/mol. The second-order valence-corrected chi connectivity index (χ2v) is 13.1. The van der Waals surface area contributed by atoms with Crippen molar-refractivity contribution in [2.75, 3.05) is 46.4 Å². The van der Waals surface area contributed by atoms with E-state index in [1.165, 1.54) is 82.9 Å². The molecule has 4 N–H and O–H groups in total. The number of amides is 3. The number of carbonyl (C=O) groups excluding carboxylic acids is 5. The molecule has 1 unspecified atom stereocenters. The second-order valence-electron chi connectivity index (χ2n) is 13.1. The summed E-state index contributed by atoms with van der Waals surface area (Å²) < 4.78 is 31.6. The Labute approximate surface area is 324 Å². The highest BCUT2D eigenvalue weighted by Gasteiger charge is 2.28. The minimum Gasteiger partial charge on any atom is -0.496 e. The predicted octanol–water partition coefficient (Wildman–Crippen LogP) is 5.21. The van der Waals surface area contributed by atoms with Crippen LogP contribution in [0.5, 0.6) is 5.75 Å². The van der Waals surface area contributed by atoms with Gasteiger partial charge in [-0.1, -0.05) is 26.5 Å². The Morgan fingerprint density at radius 2 is 1.57 bits per heavy atom. The van der Waals surface area contributed by atoms with Gasteiger partial charge in [0.05, 0.1) is 26.2 Å². The van der Waals surface area contributed by atoms with Crippen LogP contribution in [0.1, 0.15) is 76.1 Å². The fourth-order valence-electron chi connectivity index (χ4n) is 5.24. The van der Waals surface area contributed by atoms with Crippen molar-refractivity contribution in [3.63, 3.8) is 0 Å². The van der Waals surface area contributed by atoms with E-state index >= 15 is 0 Å². The van der Waals surface area contributed by atoms with Gasteiger partial charge in [0.1, 0.15) is 17.3 Å². The third-order valence-corrected chi connectivity index (χ3v) is 8.36. The number of anilines is 1. The lowest BCUT2D eigenvalue weighted by atomic mass is 9.94. The topological polar surface area (TPSA) is 214 Å². The van der Waals surface area contributed by atoms with Crippen molar-refractivity contribution in [1.82, 2.24) is 15.6 Å². The van der Waals surface area contributed by atoms with Gasteiger partial charge in [-0.25, -0.2) is 14.6 Å². The summed E-state index contributed by atoms with van der Waals surface area (Å²) in [6, 6.07) is 12.1. The quantitative estimate of drug-likeness (QED) is 0.0568. The van der Waals surface area contributed by atoms with Crippen LogP contribution in [0.15, 0.2) is 55.1 Å². The zero-order valence-corrected chi connectivity index (χ0v) is 32.2. The van der Waals surface area contributed by atoms with Crippen molar-refractivity contribution in [2.24, 2.45) is 11.8 Å². The van der Waals surface area contributed by atoms with Crippen LogP contribution in [-0.2, 0) is 28.5 Å². The molecule has 2 aromatic carbocycles. The van der Waals surface area contributed by atoms with Crippen LogP contribution >= 0.6 is 0 Å². The smallest absolute Gasteiger partial charge is 0.413 e. The van der Waals surface area contributed by atoms with Crippen molar-refractivity contribution in [1.29, 1.82) is 5.41 Å². The molecule has 1 aromatic heterocycles. The number of nitrogens with zero attached hydrogens (tertiary/aromatic N) is 1. The van der Waals surface area contributed by atoms with Crippen LogP contribution in [0.3, 0.4) is 0 Å². The van der Waals surface area contributed by atoms with Crippen molar-refractivity contribution < 1.29 is 52.4 Å². The summed E-state index contributed by atoms with van der Waals surface area (Å²) in [5.41, 5.74) is 1.12. The Morgan fingerprint density at radius 1 is 0.893 bits per heavy atom. The molecule has 0 radical (unpaired) electrons. The van der Waals surface area contributed by atoms with Gasteiger partial charge < -0.3 is 39.1 Å². The molecular weight excluding hydrogens is 726 g/mol. The summed E-state index contributed by atoms with van der Waals surface area (Å²) in [6.07, 6.45) is 0.677. The molecule has 1 aliphatic rings. The van der Waals surface area contributed by atoms with Gasteiger partial charge in [0.2, 0.25) is 6.29 Å². The molecule has 3 aromatic rings. The number of carbonyl (C=O) groups is 5. The third-order valence-electron chi connectivity index (χ3n) is 8.36. The Hall–Kier alpha value is -6.13. The molecule has 0 spiro atoms. The number of esters is 2. The third kappa shape index (κ3) is 11.7. The van der Waals surface area contributed by atoms with E-state index in [9.17, 15) is 24.0 Å². The first-order valence-electron chi connectivity index (χ1n) is 17.8. The minimum atomic E-state index is -1.30. The molecule has 0 bridgehead atoms. The van der Waals surface area contributed by atoms with E-state index < -0.39 is 48.2 Å². The second kappa shape index (κ2) is 20.0. The Morgan fingerprint density at radius 3 is 2.16 bits per heavy atom. The van der Waals surface area contributed by atoms with Gasteiger partial charge in [-0.3, -0.25) is 25.1 Å². The zero-order chi connectivity index (χ0) is 40.9. The van der Waals surface area contributed by atoms with Gasteiger partial charge in [-0.15, -0.1) is 0 Å². The number of nitrogens with one attached hydrogen (secondary N) is 4. The molecule has 4 rings (SSSR count). The molecule has 16 heteroatoms. The van der Waals surface area contributed by atoms with Gasteiger partial charge in [0.25, 0.3) is 11.8 Å². The monoisotopic (exact) mass is 773 g/mol. The first-order chi connectivity index (χ1) is 26.8. The van der Waals surface area contributed by atoms with Crippen LogP contribution in [-0.4, -0.2) is 94.1 Å². The van der Waals surface area contributed by atoms with Crippen LogP contribution in [0.25, 0.3) is 17.2 Å². The number of pyridine rings is 1. The number of hydrogen-bond acceptors (Lipinski definition) is 13. The van der Waals surface area contributed by atoms with Gasteiger partial charge in [-0.2, -0.15) is 0 Å². The first-order valence-corrected chi connectivity index (χ1v) is 17.8. The highest BCUT2D eigenvalue weighted by molar-refractivity contribution is 6.11. The number of benzene rings is 2. The van der Waals surface area contributed by atoms with E-state index in [4.69, 9.17) is 33.8 Å². The van der Waals surface area contributed by atoms with E-state index in [0.29, 0.717) is 35.0 Å². The lowest BCUT2D eigenvalue weighted by Crippen LogP contribution is -2.36. The zero-order valence-electron chi connectivity index (χ0n) is 32.2. The number of methoxy groups -OCH3 is 3. The summed E-state index contributed by atoms with van der Waals surface area (Å²) in [5.74, 6) is -2.73. The number of alkyl carbamates (subject to hydrolysis) is 1. The Kier molecular flexibility index (Phi) is 15.2. The van der Waals surface area contributed by atoms with Crippen LogP contribution in [0.2, 0.25) is 0 Å². The van der Waals surface area contributed by atoms with Crippen LogP contribution < -0.4 is 20.7 Å². The van der Waals surface area contributed by atoms with Gasteiger partial charge in [0, 0.05) is 61.2 Å². The van der Waals surface area contributed by atoms with Crippen LogP contribution in [0, 0.1) is 17.2 Å². The lowest BCUT2D eigenvalue weighted by molar-refractivity contribution is -0.169. The van der Waals surface area contributed by atoms with E-state index in [2.05, 4.69) is 27.5 Å². The molecule has 1 aliphatic carbocycles. The summed E-state index contributed by atoms with van der Waals surface area (Å²) in [5, 5.41) is 16.3. The molecule has 3 amide bonds. The number of hydrogen-bond donors (Lipinski definition) is 4. The van der Waals surface area contributed by atoms with E-state index in [0.717, 1.165) is 12.8 Å². The van der Waals surface area contributed by atoms with Gasteiger partial charge in [-0.05, 0) is 67.3 Å². The molecule has 0 aliphatic heterocycles. The average Bonchev–Trinajstić information content (AvgIpc) is 4.01. The summed E-state index contributed by atoms with van der Waals surface area (Å²) in [7, 11) is 4.35. The highest BCUT2D eigenvalue weighted by Crippen LogP contribution is 2.35. The summed E-state index contributed by atoms with van der Waals surface area (Å²) in [4.78, 5) is 69.8. The van der Waals surface area contributed by atoms with Crippen LogP contribution in [0.4, 0.5) is 10.5 Å². The number of amidine groups is 1. The molecule has 1 saturated carbocycles. The highest BCUT2D eigenvalue weighted by atomic mass is 16.7. The van der Waals surface area contributed by atoms with E-state index in [1.807, 2.05) is 0 Å². The number of aromatic nitrogens is 1.